The standard InChI is InChI=1S/C14H21N3O2/c1-17(2)13-12(7-4-8-15-13)16-11-6-3-5-10(9-11)14(18)19/h4,7-8,10-11,16H,3,5-6,9H2,1-2H3,(H,18,19). The molecule has 0 amide bonds. The summed E-state index contributed by atoms with van der Waals surface area (Å²) in [7, 11) is 3.91. The van der Waals surface area contributed by atoms with Crippen molar-refractivity contribution in [3.8, 4) is 0 Å². The normalized spacial score (nSPS) is 22.8. The lowest BCUT2D eigenvalue weighted by atomic mass is 9.85. The van der Waals surface area contributed by atoms with E-state index in [1.54, 1.807) is 6.20 Å². The number of aromatic nitrogens is 1. The van der Waals surface area contributed by atoms with Crippen molar-refractivity contribution in [2.75, 3.05) is 24.3 Å². The van der Waals surface area contributed by atoms with E-state index in [4.69, 9.17) is 5.11 Å². The zero-order valence-electron chi connectivity index (χ0n) is 11.5. The lowest BCUT2D eigenvalue weighted by Crippen LogP contribution is -2.31. The Labute approximate surface area is 113 Å². The summed E-state index contributed by atoms with van der Waals surface area (Å²) in [5, 5.41) is 12.6. The Morgan fingerprint density at radius 3 is 2.95 bits per heavy atom. The fourth-order valence-electron chi connectivity index (χ4n) is 2.63. The Morgan fingerprint density at radius 2 is 2.26 bits per heavy atom. The first-order valence-electron chi connectivity index (χ1n) is 6.69. The van der Waals surface area contributed by atoms with Crippen LogP contribution in [0.25, 0.3) is 0 Å². The molecule has 1 heterocycles. The first kappa shape index (κ1) is 13.6. The van der Waals surface area contributed by atoms with E-state index in [-0.39, 0.29) is 12.0 Å². The monoisotopic (exact) mass is 263 g/mol. The van der Waals surface area contributed by atoms with Gasteiger partial charge in [-0.2, -0.15) is 0 Å². The molecule has 5 heteroatoms. The van der Waals surface area contributed by atoms with Crippen LogP contribution in [0.1, 0.15) is 25.7 Å². The van der Waals surface area contributed by atoms with Crippen LogP contribution in [0.3, 0.4) is 0 Å². The summed E-state index contributed by atoms with van der Waals surface area (Å²) in [6.45, 7) is 0. The predicted molar refractivity (Wildman–Crippen MR) is 75.6 cm³/mol. The minimum Gasteiger partial charge on any atom is -0.481 e. The number of pyridine rings is 1. The molecule has 2 unspecified atom stereocenters. The third-order valence-corrected chi connectivity index (χ3v) is 3.59. The van der Waals surface area contributed by atoms with Crippen molar-refractivity contribution < 1.29 is 9.90 Å². The molecule has 1 aliphatic rings. The van der Waals surface area contributed by atoms with Crippen molar-refractivity contribution >= 4 is 17.5 Å². The molecule has 2 N–H and O–H groups in total. The summed E-state index contributed by atoms with van der Waals surface area (Å²) in [6.07, 6.45) is 5.23. The zero-order chi connectivity index (χ0) is 13.8. The lowest BCUT2D eigenvalue weighted by Gasteiger charge is -2.29. The van der Waals surface area contributed by atoms with Crippen LogP contribution in [-0.2, 0) is 4.79 Å². The second-order valence-corrected chi connectivity index (χ2v) is 5.31. The van der Waals surface area contributed by atoms with E-state index in [0.717, 1.165) is 30.8 Å². The van der Waals surface area contributed by atoms with E-state index in [0.29, 0.717) is 6.42 Å². The van der Waals surface area contributed by atoms with Crippen LogP contribution < -0.4 is 10.2 Å². The molecular weight excluding hydrogens is 242 g/mol. The van der Waals surface area contributed by atoms with Gasteiger partial charge in [-0.25, -0.2) is 4.98 Å². The Bertz CT molecular complexity index is 448. The minimum atomic E-state index is -0.675. The highest BCUT2D eigenvalue weighted by atomic mass is 16.4. The molecule has 5 nitrogen and oxygen atoms in total. The average molecular weight is 263 g/mol. The SMILES string of the molecule is CN(C)c1ncccc1NC1CCCC(C(=O)O)C1. The second-order valence-electron chi connectivity index (χ2n) is 5.31. The number of carbonyl (C=O) groups is 1. The van der Waals surface area contributed by atoms with Gasteiger partial charge in [-0.3, -0.25) is 4.79 Å². The van der Waals surface area contributed by atoms with Gasteiger partial charge in [0.15, 0.2) is 5.82 Å². The molecule has 0 bridgehead atoms. The van der Waals surface area contributed by atoms with E-state index in [9.17, 15) is 4.79 Å². The molecule has 0 aliphatic heterocycles. The number of anilines is 2. The van der Waals surface area contributed by atoms with Crippen LogP contribution in [0, 0.1) is 5.92 Å². The summed E-state index contributed by atoms with van der Waals surface area (Å²) in [6, 6.07) is 4.11. The largest absolute Gasteiger partial charge is 0.481 e. The minimum absolute atomic E-state index is 0.217. The van der Waals surface area contributed by atoms with E-state index in [1.165, 1.54) is 0 Å². The Morgan fingerprint density at radius 1 is 1.47 bits per heavy atom. The van der Waals surface area contributed by atoms with Crippen molar-refractivity contribution in [1.82, 2.24) is 4.98 Å². The maximum absolute atomic E-state index is 11.1. The number of rotatable bonds is 4. The maximum Gasteiger partial charge on any atom is 0.306 e. The molecule has 1 aliphatic carbocycles. The maximum atomic E-state index is 11.1. The van der Waals surface area contributed by atoms with E-state index >= 15 is 0 Å². The molecule has 0 aromatic carbocycles. The molecule has 0 spiro atoms. The van der Waals surface area contributed by atoms with Gasteiger partial charge in [0.25, 0.3) is 0 Å². The fourth-order valence-corrected chi connectivity index (χ4v) is 2.63. The number of carboxylic acid groups (broad SMARTS) is 1. The summed E-state index contributed by atoms with van der Waals surface area (Å²) < 4.78 is 0. The van der Waals surface area contributed by atoms with Crippen LogP contribution in [0.4, 0.5) is 11.5 Å². The zero-order valence-corrected chi connectivity index (χ0v) is 11.5. The van der Waals surface area contributed by atoms with Crippen LogP contribution in [-0.4, -0.2) is 36.2 Å². The molecule has 1 aromatic rings. The van der Waals surface area contributed by atoms with Crippen molar-refractivity contribution in [2.45, 2.75) is 31.7 Å². The van der Waals surface area contributed by atoms with Gasteiger partial charge in [-0.05, 0) is 31.4 Å². The van der Waals surface area contributed by atoms with E-state index in [1.807, 2.05) is 31.1 Å². The van der Waals surface area contributed by atoms with Crippen molar-refractivity contribution in [2.24, 2.45) is 5.92 Å². The van der Waals surface area contributed by atoms with E-state index < -0.39 is 5.97 Å². The molecule has 1 aromatic heterocycles. The van der Waals surface area contributed by atoms with Crippen molar-refractivity contribution in [1.29, 1.82) is 0 Å². The van der Waals surface area contributed by atoms with Gasteiger partial charge >= 0.3 is 5.97 Å². The lowest BCUT2D eigenvalue weighted by molar-refractivity contribution is -0.142. The van der Waals surface area contributed by atoms with Crippen LogP contribution >= 0.6 is 0 Å². The van der Waals surface area contributed by atoms with Crippen LogP contribution in [0.5, 0.6) is 0 Å². The first-order valence-corrected chi connectivity index (χ1v) is 6.69. The van der Waals surface area contributed by atoms with E-state index in [2.05, 4.69) is 10.3 Å². The molecule has 0 saturated heterocycles. The second kappa shape index (κ2) is 5.91. The molecule has 2 rings (SSSR count). The highest BCUT2D eigenvalue weighted by molar-refractivity contribution is 5.70. The highest BCUT2D eigenvalue weighted by Gasteiger charge is 2.27. The first-order chi connectivity index (χ1) is 9.08. The van der Waals surface area contributed by atoms with Gasteiger partial charge < -0.3 is 15.3 Å². The third kappa shape index (κ3) is 3.36. The van der Waals surface area contributed by atoms with Gasteiger partial charge in [-0.15, -0.1) is 0 Å². The van der Waals surface area contributed by atoms with Crippen molar-refractivity contribution in [3.63, 3.8) is 0 Å². The molecule has 2 atom stereocenters. The van der Waals surface area contributed by atoms with Gasteiger partial charge in [0.05, 0.1) is 11.6 Å². The number of nitrogens with zero attached hydrogens (tertiary/aromatic N) is 2. The molecule has 1 saturated carbocycles. The van der Waals surface area contributed by atoms with Crippen LogP contribution in [0.2, 0.25) is 0 Å². The fraction of sp³-hybridized carbons (Fsp3) is 0.571. The van der Waals surface area contributed by atoms with Gasteiger partial charge in [0, 0.05) is 26.3 Å². The quantitative estimate of drug-likeness (QED) is 0.872. The van der Waals surface area contributed by atoms with Crippen molar-refractivity contribution in [3.05, 3.63) is 18.3 Å². The Hall–Kier alpha value is -1.78. The summed E-state index contributed by atoms with van der Waals surface area (Å²) in [4.78, 5) is 17.4. The molecular formula is C14H21N3O2. The molecule has 104 valence electrons. The molecule has 1 fully saturated rings. The van der Waals surface area contributed by atoms with Gasteiger partial charge in [-0.1, -0.05) is 6.42 Å². The van der Waals surface area contributed by atoms with Gasteiger partial charge in [0.2, 0.25) is 0 Å². The number of hydrogen-bond acceptors (Lipinski definition) is 4. The Kier molecular flexibility index (Phi) is 4.24. The molecule has 0 radical (unpaired) electrons. The third-order valence-electron chi connectivity index (χ3n) is 3.59. The average Bonchev–Trinajstić information content (AvgIpc) is 2.39. The summed E-state index contributed by atoms with van der Waals surface area (Å²) in [5.41, 5.74) is 0.975. The summed E-state index contributed by atoms with van der Waals surface area (Å²) >= 11 is 0. The number of nitrogens with one attached hydrogen (secondary N) is 1. The predicted octanol–water partition coefficient (Wildman–Crippen LogP) is 2.20. The number of aliphatic carboxylic acids is 1. The molecule has 19 heavy (non-hydrogen) atoms. The number of carboxylic acids is 1. The summed E-state index contributed by atoms with van der Waals surface area (Å²) in [5.74, 6) is -0.00352. The topological polar surface area (TPSA) is 65.5 Å². The Balaban J connectivity index is 2.06. The van der Waals surface area contributed by atoms with Crippen LogP contribution in [0.15, 0.2) is 18.3 Å². The highest BCUT2D eigenvalue weighted by Crippen LogP contribution is 2.29. The smallest absolute Gasteiger partial charge is 0.306 e. The number of hydrogen-bond donors (Lipinski definition) is 2. The van der Waals surface area contributed by atoms with Gasteiger partial charge in [0.1, 0.15) is 0 Å².